The minimum Gasteiger partial charge on any atom is -0.396 e. The van der Waals surface area contributed by atoms with Crippen LogP contribution in [0.3, 0.4) is 0 Å². The van der Waals surface area contributed by atoms with Gasteiger partial charge in [0.15, 0.2) is 0 Å². The van der Waals surface area contributed by atoms with Crippen molar-refractivity contribution in [1.82, 2.24) is 0 Å². The second-order valence-corrected chi connectivity index (χ2v) is 3.21. The fraction of sp³-hybridized carbons (Fsp3) is 1.00. The zero-order valence-corrected chi connectivity index (χ0v) is 7.58. The van der Waals surface area contributed by atoms with Gasteiger partial charge in [0, 0.05) is 6.61 Å². The van der Waals surface area contributed by atoms with Crippen LogP contribution in [0, 0.1) is 5.92 Å². The smallest absolute Gasteiger partial charge is 0.0512 e. The van der Waals surface area contributed by atoms with E-state index >= 15 is 0 Å². The number of aliphatic hydroxyl groups is 2. The first kappa shape index (κ1) is 10.9. The van der Waals surface area contributed by atoms with E-state index in [4.69, 9.17) is 10.2 Å². The Morgan fingerprint density at radius 1 is 1.18 bits per heavy atom. The summed E-state index contributed by atoms with van der Waals surface area (Å²) in [5, 5.41) is 17.7. The predicted octanol–water partition coefficient (Wildman–Crippen LogP) is 1.56. The molecule has 0 heterocycles. The maximum absolute atomic E-state index is 9.00. The van der Waals surface area contributed by atoms with E-state index in [1.165, 1.54) is 0 Å². The van der Waals surface area contributed by atoms with Gasteiger partial charge in [0.25, 0.3) is 0 Å². The lowest BCUT2D eigenvalue weighted by molar-refractivity contribution is 0.165. The molecular weight excluding hydrogens is 140 g/mol. The second-order valence-electron chi connectivity index (χ2n) is 3.21. The lowest BCUT2D eigenvalue weighted by Crippen LogP contribution is -2.07. The molecule has 0 aromatic heterocycles. The topological polar surface area (TPSA) is 40.5 Å². The molecule has 0 saturated heterocycles. The molecule has 0 aliphatic rings. The van der Waals surface area contributed by atoms with Gasteiger partial charge in [-0.1, -0.05) is 13.3 Å². The Hall–Kier alpha value is -0.0800. The molecule has 0 fully saturated rings. The third kappa shape index (κ3) is 6.32. The van der Waals surface area contributed by atoms with Crippen LogP contribution in [0.25, 0.3) is 0 Å². The van der Waals surface area contributed by atoms with Crippen molar-refractivity contribution in [3.8, 4) is 0 Å². The van der Waals surface area contributed by atoms with Gasteiger partial charge in [0.2, 0.25) is 0 Å². The Bertz CT molecular complexity index is 81.6. The van der Waals surface area contributed by atoms with Gasteiger partial charge in [0.05, 0.1) is 6.10 Å². The van der Waals surface area contributed by atoms with Crippen LogP contribution >= 0.6 is 0 Å². The van der Waals surface area contributed by atoms with Gasteiger partial charge in [-0.2, -0.15) is 0 Å². The van der Waals surface area contributed by atoms with Crippen molar-refractivity contribution < 1.29 is 10.2 Å². The average molecular weight is 160 g/mol. The van der Waals surface area contributed by atoms with Gasteiger partial charge in [-0.25, -0.2) is 0 Å². The van der Waals surface area contributed by atoms with Crippen molar-refractivity contribution in [1.29, 1.82) is 0 Å². The maximum Gasteiger partial charge on any atom is 0.0512 e. The molecule has 0 aliphatic carbocycles. The summed E-state index contributed by atoms with van der Waals surface area (Å²) in [5.41, 5.74) is 0. The molecular formula is C9H20O2. The van der Waals surface area contributed by atoms with Gasteiger partial charge in [-0.15, -0.1) is 0 Å². The van der Waals surface area contributed by atoms with Crippen LogP contribution in [-0.2, 0) is 0 Å². The van der Waals surface area contributed by atoms with E-state index in [0.29, 0.717) is 5.92 Å². The zero-order chi connectivity index (χ0) is 8.69. The van der Waals surface area contributed by atoms with Crippen LogP contribution in [0.5, 0.6) is 0 Å². The highest BCUT2D eigenvalue weighted by molar-refractivity contribution is 4.58. The molecule has 2 unspecified atom stereocenters. The summed E-state index contributed by atoms with van der Waals surface area (Å²) in [7, 11) is 0. The monoisotopic (exact) mass is 160 g/mol. The number of hydrogen-bond donors (Lipinski definition) is 2. The molecule has 0 aromatic rings. The quantitative estimate of drug-likeness (QED) is 0.619. The molecule has 2 atom stereocenters. The summed E-state index contributed by atoms with van der Waals surface area (Å²) in [6, 6.07) is 0. The van der Waals surface area contributed by atoms with Gasteiger partial charge in [-0.05, 0) is 32.1 Å². The summed E-state index contributed by atoms with van der Waals surface area (Å²) in [6.45, 7) is 4.21. The molecule has 68 valence electrons. The van der Waals surface area contributed by atoms with E-state index < -0.39 is 0 Å². The van der Waals surface area contributed by atoms with Crippen molar-refractivity contribution in [3.63, 3.8) is 0 Å². The molecule has 2 N–H and O–H groups in total. The molecule has 2 heteroatoms. The van der Waals surface area contributed by atoms with Crippen LogP contribution in [0.15, 0.2) is 0 Å². The van der Waals surface area contributed by atoms with Crippen LogP contribution in [-0.4, -0.2) is 22.9 Å². The predicted molar refractivity (Wildman–Crippen MR) is 46.4 cm³/mol. The molecule has 0 aromatic carbocycles. The van der Waals surface area contributed by atoms with Gasteiger partial charge >= 0.3 is 0 Å². The van der Waals surface area contributed by atoms with Crippen LogP contribution in [0.1, 0.15) is 39.5 Å². The average Bonchev–Trinajstić information content (AvgIpc) is 1.97. The lowest BCUT2D eigenvalue weighted by Gasteiger charge is -2.13. The highest BCUT2D eigenvalue weighted by Gasteiger charge is 2.06. The SMILES string of the molecule is CCC(CCO)CCC(C)O. The van der Waals surface area contributed by atoms with Crippen molar-refractivity contribution in [2.75, 3.05) is 6.61 Å². The van der Waals surface area contributed by atoms with E-state index in [1.807, 2.05) is 6.92 Å². The van der Waals surface area contributed by atoms with E-state index in [0.717, 1.165) is 25.7 Å². The van der Waals surface area contributed by atoms with E-state index in [9.17, 15) is 0 Å². The van der Waals surface area contributed by atoms with Gasteiger partial charge in [-0.3, -0.25) is 0 Å². The van der Waals surface area contributed by atoms with Crippen LogP contribution in [0.2, 0.25) is 0 Å². The molecule has 11 heavy (non-hydrogen) atoms. The minimum absolute atomic E-state index is 0.192. The summed E-state index contributed by atoms with van der Waals surface area (Å²) < 4.78 is 0. The van der Waals surface area contributed by atoms with Crippen LogP contribution in [0.4, 0.5) is 0 Å². The standard InChI is InChI=1S/C9H20O2/c1-3-9(6-7-10)5-4-8(2)11/h8-11H,3-7H2,1-2H3. The summed E-state index contributed by atoms with van der Waals surface area (Å²) in [5.74, 6) is 0.592. The molecule has 0 aliphatic heterocycles. The molecule has 0 spiro atoms. The van der Waals surface area contributed by atoms with Crippen molar-refractivity contribution >= 4 is 0 Å². The molecule has 0 rings (SSSR count). The molecule has 0 saturated carbocycles. The first-order valence-electron chi connectivity index (χ1n) is 4.49. The molecule has 2 nitrogen and oxygen atoms in total. The largest absolute Gasteiger partial charge is 0.396 e. The zero-order valence-electron chi connectivity index (χ0n) is 7.58. The number of aliphatic hydroxyl groups excluding tert-OH is 2. The van der Waals surface area contributed by atoms with Gasteiger partial charge < -0.3 is 10.2 Å². The normalized spacial score (nSPS) is 16.4. The summed E-state index contributed by atoms with van der Waals surface area (Å²) in [6.07, 6.45) is 3.69. The Balaban J connectivity index is 3.35. The Morgan fingerprint density at radius 2 is 1.82 bits per heavy atom. The summed E-state index contributed by atoms with van der Waals surface area (Å²) >= 11 is 0. The van der Waals surface area contributed by atoms with E-state index in [-0.39, 0.29) is 12.7 Å². The summed E-state index contributed by atoms with van der Waals surface area (Å²) in [4.78, 5) is 0. The fourth-order valence-corrected chi connectivity index (χ4v) is 1.21. The first-order chi connectivity index (χ1) is 5.20. The van der Waals surface area contributed by atoms with E-state index in [2.05, 4.69) is 6.92 Å². The molecule has 0 bridgehead atoms. The highest BCUT2D eigenvalue weighted by atomic mass is 16.3. The number of rotatable bonds is 6. The lowest BCUT2D eigenvalue weighted by atomic mass is 9.96. The van der Waals surface area contributed by atoms with Crippen LogP contribution < -0.4 is 0 Å². The Kier molecular flexibility index (Phi) is 6.57. The Morgan fingerprint density at radius 3 is 2.18 bits per heavy atom. The van der Waals surface area contributed by atoms with Crippen molar-refractivity contribution in [3.05, 3.63) is 0 Å². The van der Waals surface area contributed by atoms with Crippen molar-refractivity contribution in [2.24, 2.45) is 5.92 Å². The third-order valence-corrected chi connectivity index (χ3v) is 2.11. The molecule has 0 amide bonds. The first-order valence-corrected chi connectivity index (χ1v) is 4.49. The van der Waals surface area contributed by atoms with Gasteiger partial charge in [0.1, 0.15) is 0 Å². The minimum atomic E-state index is -0.192. The number of hydrogen-bond acceptors (Lipinski definition) is 2. The van der Waals surface area contributed by atoms with E-state index in [1.54, 1.807) is 0 Å². The maximum atomic E-state index is 9.00. The molecule has 0 radical (unpaired) electrons. The third-order valence-electron chi connectivity index (χ3n) is 2.11. The second kappa shape index (κ2) is 6.62. The van der Waals surface area contributed by atoms with Crippen molar-refractivity contribution in [2.45, 2.75) is 45.6 Å². The highest BCUT2D eigenvalue weighted by Crippen LogP contribution is 2.15. The Labute approximate surface area is 69.2 Å². The fourth-order valence-electron chi connectivity index (χ4n) is 1.21.